The van der Waals surface area contributed by atoms with Crippen LogP contribution in [0.1, 0.15) is 61.1 Å². The van der Waals surface area contributed by atoms with E-state index in [1.807, 2.05) is 12.1 Å². The van der Waals surface area contributed by atoms with Crippen molar-refractivity contribution >= 4 is 5.91 Å². The third-order valence-corrected chi connectivity index (χ3v) is 4.61. The number of unbranched alkanes of at least 4 members (excludes halogenated alkanes) is 1. The first kappa shape index (κ1) is 19.3. The third-order valence-electron chi connectivity index (χ3n) is 4.61. The predicted molar refractivity (Wildman–Crippen MR) is 96.6 cm³/mol. The summed E-state index contributed by atoms with van der Waals surface area (Å²) < 4.78 is 19.0. The van der Waals surface area contributed by atoms with Crippen LogP contribution in [0.15, 0.2) is 24.3 Å². The van der Waals surface area contributed by atoms with Gasteiger partial charge in [-0.25, -0.2) is 4.39 Å². The molecule has 2 unspecified atom stereocenters. The van der Waals surface area contributed by atoms with Gasteiger partial charge in [0.2, 0.25) is 5.91 Å². The van der Waals surface area contributed by atoms with Gasteiger partial charge < -0.3 is 15.8 Å². The Morgan fingerprint density at radius 3 is 2.88 bits per heavy atom. The van der Waals surface area contributed by atoms with Crippen LogP contribution in [-0.2, 0) is 4.74 Å². The summed E-state index contributed by atoms with van der Waals surface area (Å²) >= 11 is 0. The summed E-state index contributed by atoms with van der Waals surface area (Å²) in [4.78, 5) is 11.3. The number of primary amides is 1. The Hall–Kier alpha value is -2.06. The van der Waals surface area contributed by atoms with Crippen molar-refractivity contribution in [3.8, 4) is 12.0 Å². The standard InChI is InChI=1S/C20H27FN2O2/c1-15(7-4-3-5-12-23-14-20(21)10-11-20)18(25-2)16-8-6-9-17(13-16)19(22)24/h6,8-9,13,15,18,23H,3-4,7,10-11,14H2,1-2H3,(H2,22,24). The molecule has 2 rings (SSSR count). The Labute approximate surface area is 149 Å². The van der Waals surface area contributed by atoms with Crippen molar-refractivity contribution in [3.05, 3.63) is 35.4 Å². The van der Waals surface area contributed by atoms with E-state index in [2.05, 4.69) is 24.2 Å². The molecule has 5 heteroatoms. The molecule has 1 fully saturated rings. The van der Waals surface area contributed by atoms with E-state index in [0.717, 1.165) is 24.8 Å². The molecule has 0 heterocycles. The second-order valence-electron chi connectivity index (χ2n) is 6.82. The van der Waals surface area contributed by atoms with Gasteiger partial charge >= 0.3 is 0 Å². The number of hydrogen-bond acceptors (Lipinski definition) is 3. The molecule has 1 aliphatic carbocycles. The number of carbonyl (C=O) groups excluding carboxylic acids is 1. The lowest BCUT2D eigenvalue weighted by atomic mass is 9.91. The van der Waals surface area contributed by atoms with Crippen LogP contribution in [0.25, 0.3) is 0 Å². The quantitative estimate of drug-likeness (QED) is 0.409. The van der Waals surface area contributed by atoms with Crippen LogP contribution in [0.4, 0.5) is 4.39 Å². The zero-order valence-corrected chi connectivity index (χ0v) is 15.0. The van der Waals surface area contributed by atoms with Crippen LogP contribution in [0, 0.1) is 17.9 Å². The van der Waals surface area contributed by atoms with E-state index in [9.17, 15) is 9.18 Å². The molecule has 25 heavy (non-hydrogen) atoms. The summed E-state index contributed by atoms with van der Waals surface area (Å²) in [5, 5.41) is 2.85. The Kier molecular flexibility index (Phi) is 6.83. The SMILES string of the molecule is COC(c1cccc(C(N)=O)c1)C(C)CCCC#CNCC1(F)CC1. The number of rotatable bonds is 9. The average molecular weight is 346 g/mol. The number of methoxy groups -OCH3 is 1. The average Bonchev–Trinajstić information content (AvgIpc) is 3.32. The van der Waals surface area contributed by atoms with Gasteiger partial charge in [-0.15, -0.1) is 0 Å². The molecule has 1 aliphatic rings. The first-order chi connectivity index (χ1) is 11.9. The molecule has 0 bridgehead atoms. The molecular weight excluding hydrogens is 319 g/mol. The lowest BCUT2D eigenvalue weighted by Gasteiger charge is -2.23. The fraction of sp³-hybridized carbons (Fsp3) is 0.550. The molecule has 1 aromatic rings. The number of nitrogens with two attached hydrogens (primary N) is 1. The van der Waals surface area contributed by atoms with Gasteiger partial charge in [-0.05, 0) is 49.3 Å². The highest BCUT2D eigenvalue weighted by Crippen LogP contribution is 2.38. The summed E-state index contributed by atoms with van der Waals surface area (Å²) in [5.74, 6) is 2.88. The van der Waals surface area contributed by atoms with E-state index >= 15 is 0 Å². The molecule has 0 spiro atoms. The Balaban J connectivity index is 1.77. The number of hydrogen-bond donors (Lipinski definition) is 2. The lowest BCUT2D eigenvalue weighted by Crippen LogP contribution is -2.20. The topological polar surface area (TPSA) is 64.3 Å². The van der Waals surface area contributed by atoms with Gasteiger partial charge in [0.15, 0.2) is 0 Å². The van der Waals surface area contributed by atoms with Gasteiger partial charge in [-0.3, -0.25) is 4.79 Å². The minimum atomic E-state index is -1.01. The van der Waals surface area contributed by atoms with Crippen molar-refractivity contribution in [1.82, 2.24) is 5.32 Å². The first-order valence-corrected chi connectivity index (χ1v) is 8.77. The van der Waals surface area contributed by atoms with Crippen molar-refractivity contribution in [1.29, 1.82) is 0 Å². The van der Waals surface area contributed by atoms with Gasteiger partial charge in [-0.1, -0.05) is 25.0 Å². The van der Waals surface area contributed by atoms with Crippen LogP contribution in [0.3, 0.4) is 0 Å². The van der Waals surface area contributed by atoms with Crippen LogP contribution in [-0.4, -0.2) is 25.2 Å². The fourth-order valence-electron chi connectivity index (χ4n) is 2.87. The Bertz CT molecular complexity index is 647. The second-order valence-corrected chi connectivity index (χ2v) is 6.82. The summed E-state index contributed by atoms with van der Waals surface area (Å²) in [7, 11) is 1.67. The molecule has 0 saturated heterocycles. The minimum absolute atomic E-state index is 0.0911. The predicted octanol–water partition coefficient (Wildman–Crippen LogP) is 3.33. The summed E-state index contributed by atoms with van der Waals surface area (Å²) in [6.07, 6.45) is 3.84. The van der Waals surface area contributed by atoms with Crippen molar-refractivity contribution < 1.29 is 13.9 Å². The van der Waals surface area contributed by atoms with E-state index in [1.54, 1.807) is 19.2 Å². The first-order valence-electron chi connectivity index (χ1n) is 8.77. The molecule has 3 N–H and O–H groups in total. The molecule has 1 saturated carbocycles. The second kappa shape index (κ2) is 8.87. The van der Waals surface area contributed by atoms with Crippen LogP contribution in [0.5, 0.6) is 0 Å². The highest BCUT2D eigenvalue weighted by atomic mass is 19.1. The molecule has 0 aromatic heterocycles. The maximum absolute atomic E-state index is 13.4. The van der Waals surface area contributed by atoms with Gasteiger partial charge in [-0.2, -0.15) is 0 Å². The number of nitrogens with one attached hydrogen (secondary N) is 1. The number of halogens is 1. The summed E-state index contributed by atoms with van der Waals surface area (Å²) in [6.45, 7) is 2.45. The van der Waals surface area contributed by atoms with E-state index in [-0.39, 0.29) is 12.0 Å². The number of benzene rings is 1. The zero-order valence-electron chi connectivity index (χ0n) is 15.0. The summed E-state index contributed by atoms with van der Waals surface area (Å²) in [6, 6.07) is 10.1. The molecule has 0 radical (unpaired) electrons. The number of ether oxygens (including phenoxy) is 1. The maximum Gasteiger partial charge on any atom is 0.248 e. The molecular formula is C20H27FN2O2. The van der Waals surface area contributed by atoms with Crippen molar-refractivity contribution in [2.24, 2.45) is 11.7 Å². The maximum atomic E-state index is 13.4. The monoisotopic (exact) mass is 346 g/mol. The zero-order chi connectivity index (χ0) is 18.3. The lowest BCUT2D eigenvalue weighted by molar-refractivity contribution is 0.0539. The van der Waals surface area contributed by atoms with Crippen molar-refractivity contribution in [2.45, 2.75) is 50.8 Å². The Morgan fingerprint density at radius 2 is 2.24 bits per heavy atom. The minimum Gasteiger partial charge on any atom is -0.376 e. The molecule has 4 nitrogen and oxygen atoms in total. The number of carbonyl (C=O) groups is 1. The fourth-order valence-corrected chi connectivity index (χ4v) is 2.87. The summed E-state index contributed by atoms with van der Waals surface area (Å²) in [5.41, 5.74) is 5.79. The molecule has 0 aliphatic heterocycles. The Morgan fingerprint density at radius 1 is 1.48 bits per heavy atom. The largest absolute Gasteiger partial charge is 0.376 e. The van der Waals surface area contributed by atoms with Crippen molar-refractivity contribution in [3.63, 3.8) is 0 Å². The van der Waals surface area contributed by atoms with Gasteiger partial charge in [0, 0.05) is 25.1 Å². The molecule has 2 atom stereocenters. The van der Waals surface area contributed by atoms with Gasteiger partial charge in [0.1, 0.15) is 5.67 Å². The van der Waals surface area contributed by atoms with E-state index < -0.39 is 11.6 Å². The highest BCUT2D eigenvalue weighted by molar-refractivity contribution is 5.92. The number of alkyl halides is 1. The van der Waals surface area contributed by atoms with E-state index in [1.165, 1.54) is 0 Å². The van der Waals surface area contributed by atoms with Crippen LogP contribution >= 0.6 is 0 Å². The van der Waals surface area contributed by atoms with Crippen LogP contribution < -0.4 is 11.1 Å². The van der Waals surface area contributed by atoms with Gasteiger partial charge in [0.05, 0.1) is 12.6 Å². The smallest absolute Gasteiger partial charge is 0.248 e. The molecule has 1 amide bonds. The molecule has 1 aromatic carbocycles. The highest BCUT2D eigenvalue weighted by Gasteiger charge is 2.42. The van der Waals surface area contributed by atoms with E-state index in [4.69, 9.17) is 10.5 Å². The number of amides is 1. The van der Waals surface area contributed by atoms with Crippen LogP contribution in [0.2, 0.25) is 0 Å². The van der Waals surface area contributed by atoms with Gasteiger partial charge in [0.25, 0.3) is 0 Å². The third kappa shape index (κ3) is 6.06. The van der Waals surface area contributed by atoms with E-state index in [0.29, 0.717) is 24.9 Å². The normalized spacial score (nSPS) is 17.1. The van der Waals surface area contributed by atoms with Crippen molar-refractivity contribution in [2.75, 3.05) is 13.7 Å². The molecule has 136 valence electrons.